The highest BCUT2D eigenvalue weighted by atomic mass is 35.5. The Bertz CT molecular complexity index is 611. The molecule has 0 atom stereocenters. The molecule has 0 aromatic heterocycles. The van der Waals surface area contributed by atoms with E-state index in [9.17, 15) is 19.2 Å². The van der Waals surface area contributed by atoms with Crippen LogP contribution in [0.3, 0.4) is 0 Å². The van der Waals surface area contributed by atoms with Crippen molar-refractivity contribution in [1.29, 1.82) is 0 Å². The van der Waals surface area contributed by atoms with Crippen LogP contribution in [0, 0.1) is 0 Å². The van der Waals surface area contributed by atoms with Gasteiger partial charge in [0, 0.05) is 0 Å². The maximum absolute atomic E-state index is 12.0. The molecule has 0 spiro atoms. The molecule has 0 unspecified atom stereocenters. The van der Waals surface area contributed by atoms with Crippen LogP contribution in [0.1, 0.15) is 47.4 Å². The Morgan fingerprint density at radius 2 is 1.05 bits per heavy atom. The summed E-state index contributed by atoms with van der Waals surface area (Å²) in [7, 11) is 0. The lowest BCUT2D eigenvalue weighted by atomic mass is 9.97. The van der Waals surface area contributed by atoms with Gasteiger partial charge in [-0.1, -0.05) is 23.2 Å². The third-order valence-corrected chi connectivity index (χ3v) is 3.61. The van der Waals surface area contributed by atoms with Gasteiger partial charge in [0.1, 0.15) is 11.6 Å². The Labute approximate surface area is 136 Å². The second-order valence-electron chi connectivity index (χ2n) is 4.81. The molecule has 8 heteroatoms. The number of Topliss-reactive ketones (excluding diaryl/α,β-unsaturated/α-hetero) is 4. The monoisotopic (exact) mass is 344 g/mol. The average Bonchev–Trinajstić information content (AvgIpc) is 2.35. The van der Waals surface area contributed by atoms with Gasteiger partial charge in [0.25, 0.3) is 0 Å². The molecule has 6 nitrogen and oxygen atoms in total. The Hall–Kier alpha value is -1.92. The van der Waals surface area contributed by atoms with Crippen molar-refractivity contribution in [2.24, 2.45) is 0 Å². The van der Waals surface area contributed by atoms with Gasteiger partial charge in [-0.25, -0.2) is 0 Å². The first-order chi connectivity index (χ1) is 10.1. The Morgan fingerprint density at radius 3 is 1.27 bits per heavy atom. The summed E-state index contributed by atoms with van der Waals surface area (Å²) in [5.41, 5.74) is 10.6. The summed E-state index contributed by atoms with van der Waals surface area (Å²) in [5.74, 6) is -2.05. The molecular weight excluding hydrogens is 331 g/mol. The Balaban J connectivity index is 3.51. The largest absolute Gasteiger partial charge is 0.397 e. The zero-order valence-corrected chi connectivity index (χ0v) is 13.5. The van der Waals surface area contributed by atoms with Crippen LogP contribution >= 0.6 is 23.2 Å². The summed E-state index contributed by atoms with van der Waals surface area (Å²) in [6.45, 7) is 2.47. The third-order valence-electron chi connectivity index (χ3n) is 2.83. The van der Waals surface area contributed by atoms with Gasteiger partial charge in [-0.3, -0.25) is 19.2 Å². The molecule has 1 aromatic carbocycles. The smallest absolute Gasteiger partial charge is 0.173 e. The van der Waals surface area contributed by atoms with E-state index in [0.717, 1.165) is 0 Å². The first kappa shape index (κ1) is 18.1. The minimum absolute atomic E-state index is 0.196. The molecule has 0 amide bonds. The van der Waals surface area contributed by atoms with Gasteiger partial charge in [0.15, 0.2) is 11.6 Å². The predicted molar refractivity (Wildman–Crippen MR) is 84.5 cm³/mol. The highest BCUT2D eigenvalue weighted by molar-refractivity contribution is 6.44. The highest BCUT2D eigenvalue weighted by Crippen LogP contribution is 2.40. The van der Waals surface area contributed by atoms with E-state index in [-0.39, 0.29) is 44.1 Å². The molecule has 0 radical (unpaired) electrons. The van der Waals surface area contributed by atoms with Crippen LogP contribution in [0.5, 0.6) is 0 Å². The van der Waals surface area contributed by atoms with Crippen molar-refractivity contribution in [1.82, 2.24) is 0 Å². The lowest BCUT2D eigenvalue weighted by Crippen LogP contribution is -2.15. The zero-order chi connectivity index (χ0) is 17.2. The van der Waals surface area contributed by atoms with Gasteiger partial charge in [-0.2, -0.15) is 0 Å². The summed E-state index contributed by atoms with van der Waals surface area (Å²) in [6, 6.07) is 0. The van der Waals surface area contributed by atoms with E-state index < -0.39 is 24.4 Å². The molecule has 118 valence electrons. The van der Waals surface area contributed by atoms with Crippen LogP contribution < -0.4 is 11.5 Å². The number of rotatable bonds is 6. The van der Waals surface area contributed by atoms with E-state index in [2.05, 4.69) is 0 Å². The molecule has 0 fully saturated rings. The maximum atomic E-state index is 12.0. The van der Waals surface area contributed by atoms with Gasteiger partial charge in [-0.15, -0.1) is 0 Å². The number of halogens is 2. The van der Waals surface area contributed by atoms with Crippen LogP contribution in [-0.2, 0) is 9.59 Å². The lowest BCUT2D eigenvalue weighted by Gasteiger charge is -2.15. The zero-order valence-electron chi connectivity index (χ0n) is 12.0. The molecule has 22 heavy (non-hydrogen) atoms. The Morgan fingerprint density at radius 1 is 0.773 bits per heavy atom. The van der Waals surface area contributed by atoms with E-state index in [4.69, 9.17) is 34.7 Å². The number of nitrogen functional groups attached to an aromatic ring is 2. The number of benzene rings is 1. The van der Waals surface area contributed by atoms with Gasteiger partial charge < -0.3 is 11.5 Å². The number of hydrogen-bond donors (Lipinski definition) is 2. The van der Waals surface area contributed by atoms with Crippen LogP contribution in [-0.4, -0.2) is 23.1 Å². The van der Waals surface area contributed by atoms with E-state index in [1.54, 1.807) is 0 Å². The summed E-state index contributed by atoms with van der Waals surface area (Å²) in [5, 5.41) is -0.500. The quantitative estimate of drug-likeness (QED) is 0.464. The van der Waals surface area contributed by atoms with E-state index in [0.29, 0.717) is 0 Å². The fourth-order valence-electron chi connectivity index (χ4n) is 1.90. The van der Waals surface area contributed by atoms with Crippen molar-refractivity contribution in [2.75, 3.05) is 11.5 Å². The molecular formula is C14H14Cl2N2O4. The number of carbonyl (C=O) groups excluding carboxylic acids is 4. The first-order valence-corrected chi connectivity index (χ1v) is 6.94. The number of nitrogens with two attached hydrogens (primary N) is 2. The minimum atomic E-state index is -0.644. The van der Waals surface area contributed by atoms with E-state index in [1.165, 1.54) is 13.8 Å². The Kier molecular flexibility index (Phi) is 5.68. The maximum Gasteiger partial charge on any atom is 0.173 e. The van der Waals surface area contributed by atoms with Crippen molar-refractivity contribution in [2.45, 2.75) is 26.7 Å². The first-order valence-electron chi connectivity index (χ1n) is 6.19. The third kappa shape index (κ3) is 3.64. The number of anilines is 2. The molecule has 0 heterocycles. The SMILES string of the molecule is CC(=O)CC(=O)c1c(N)c(Cl)c(C(=O)CC(C)=O)c(N)c1Cl. The summed E-state index contributed by atoms with van der Waals surface area (Å²) < 4.78 is 0. The van der Waals surface area contributed by atoms with Crippen molar-refractivity contribution in [3.05, 3.63) is 21.2 Å². The molecule has 0 aliphatic rings. The van der Waals surface area contributed by atoms with Crippen molar-refractivity contribution in [3.8, 4) is 0 Å². The number of ketones is 4. The minimum Gasteiger partial charge on any atom is -0.397 e. The van der Waals surface area contributed by atoms with Gasteiger partial charge >= 0.3 is 0 Å². The molecule has 1 rings (SSSR count). The van der Waals surface area contributed by atoms with Crippen molar-refractivity contribution in [3.63, 3.8) is 0 Å². The number of carbonyl (C=O) groups is 4. The highest BCUT2D eigenvalue weighted by Gasteiger charge is 2.27. The van der Waals surface area contributed by atoms with Crippen LogP contribution in [0.15, 0.2) is 0 Å². The number of hydrogen-bond acceptors (Lipinski definition) is 6. The standard InChI is InChI=1S/C14H14Cl2N2O4/c1-5(19)3-7(21)9-11(15)14(18)10(12(16)13(9)17)8(22)4-6(2)20/h3-4,17-18H2,1-2H3. The molecule has 0 saturated heterocycles. The molecule has 0 aliphatic heterocycles. The molecule has 0 saturated carbocycles. The second kappa shape index (κ2) is 6.89. The topological polar surface area (TPSA) is 120 Å². The van der Waals surface area contributed by atoms with Crippen LogP contribution in [0.25, 0.3) is 0 Å². The fourth-order valence-corrected chi connectivity index (χ4v) is 2.50. The van der Waals surface area contributed by atoms with Crippen molar-refractivity contribution >= 4 is 57.7 Å². The molecule has 0 bridgehead atoms. The van der Waals surface area contributed by atoms with E-state index in [1.807, 2.05) is 0 Å². The average molecular weight is 345 g/mol. The summed E-state index contributed by atoms with van der Waals surface area (Å²) in [6.07, 6.45) is -0.832. The van der Waals surface area contributed by atoms with Gasteiger partial charge in [0.05, 0.1) is 45.4 Å². The van der Waals surface area contributed by atoms with Gasteiger partial charge in [-0.05, 0) is 13.8 Å². The normalized spacial score (nSPS) is 10.4. The van der Waals surface area contributed by atoms with Gasteiger partial charge in [0.2, 0.25) is 0 Å². The molecule has 0 aliphatic carbocycles. The lowest BCUT2D eigenvalue weighted by molar-refractivity contribution is -0.117. The van der Waals surface area contributed by atoms with Crippen LogP contribution in [0.2, 0.25) is 10.0 Å². The van der Waals surface area contributed by atoms with E-state index >= 15 is 0 Å². The van der Waals surface area contributed by atoms with Crippen molar-refractivity contribution < 1.29 is 19.2 Å². The summed E-state index contributed by atoms with van der Waals surface area (Å²) in [4.78, 5) is 46.2. The fraction of sp³-hybridized carbons (Fsp3) is 0.286. The second-order valence-corrected chi connectivity index (χ2v) is 5.57. The molecule has 1 aromatic rings. The summed E-state index contributed by atoms with van der Waals surface area (Å²) >= 11 is 12.0. The van der Waals surface area contributed by atoms with Crippen LogP contribution in [0.4, 0.5) is 11.4 Å². The predicted octanol–water partition coefficient (Wildman–Crippen LogP) is 2.48. The molecule has 4 N–H and O–H groups in total.